The number of hydrazone groups is 1. The number of halogens is 1. The summed E-state index contributed by atoms with van der Waals surface area (Å²) < 4.78 is 25.0. The predicted octanol–water partition coefficient (Wildman–Crippen LogP) is 2.35. The monoisotopic (exact) mass is 395 g/mol. The van der Waals surface area contributed by atoms with E-state index < -0.39 is 22.5 Å². The molecule has 0 bridgehead atoms. The minimum atomic E-state index is -3.73. The second kappa shape index (κ2) is 8.20. The van der Waals surface area contributed by atoms with Gasteiger partial charge in [-0.25, -0.2) is 13.8 Å². The van der Waals surface area contributed by atoms with E-state index >= 15 is 0 Å². The molecule has 0 unspecified atom stereocenters. The van der Waals surface area contributed by atoms with Gasteiger partial charge in [-0.15, -0.1) is 0 Å². The molecule has 2 N–H and O–H groups in total. The number of carbonyl (C=O) groups is 1. The molecule has 0 heterocycles. The maximum atomic E-state index is 12.2. The van der Waals surface area contributed by atoms with Crippen molar-refractivity contribution in [1.82, 2.24) is 5.43 Å². The Labute approximate surface area is 157 Å². The lowest BCUT2D eigenvalue weighted by Gasteiger charge is -2.22. The Balaban J connectivity index is 2.17. The first-order chi connectivity index (χ1) is 12.2. The number of hydrogen-bond donors (Lipinski definition) is 2. The van der Waals surface area contributed by atoms with Crippen molar-refractivity contribution in [2.24, 2.45) is 5.10 Å². The fraction of sp³-hybridized carbons (Fsp3) is 0.176. The van der Waals surface area contributed by atoms with Gasteiger partial charge in [0.1, 0.15) is 12.3 Å². The lowest BCUT2D eigenvalue weighted by Crippen LogP contribution is -2.39. The van der Waals surface area contributed by atoms with Gasteiger partial charge >= 0.3 is 0 Å². The number of phenolic OH excluding ortho intramolecular Hbond substituents is 1. The first-order valence-corrected chi connectivity index (χ1v) is 9.76. The Hall–Kier alpha value is -2.58. The van der Waals surface area contributed by atoms with Gasteiger partial charge in [-0.2, -0.15) is 5.10 Å². The van der Waals surface area contributed by atoms with Crippen molar-refractivity contribution in [1.29, 1.82) is 0 Å². The molecule has 0 fully saturated rings. The number of para-hydroxylation sites is 2. The van der Waals surface area contributed by atoms with E-state index in [1.807, 2.05) is 0 Å². The summed E-state index contributed by atoms with van der Waals surface area (Å²) in [5.41, 5.74) is 3.32. The van der Waals surface area contributed by atoms with Gasteiger partial charge in [0.2, 0.25) is 10.0 Å². The zero-order valence-corrected chi connectivity index (χ0v) is 15.8. The quantitative estimate of drug-likeness (QED) is 0.579. The van der Waals surface area contributed by atoms with Crippen LogP contribution in [-0.2, 0) is 14.8 Å². The van der Waals surface area contributed by atoms with Gasteiger partial charge in [0.25, 0.3) is 5.91 Å². The second-order valence-electron chi connectivity index (χ2n) is 5.47. The smallest absolute Gasteiger partial charge is 0.260 e. The van der Waals surface area contributed by atoms with E-state index in [1.165, 1.54) is 18.2 Å². The molecule has 138 valence electrons. The van der Waals surface area contributed by atoms with Gasteiger partial charge in [0, 0.05) is 5.56 Å². The summed E-state index contributed by atoms with van der Waals surface area (Å²) in [7, 11) is -3.73. The molecule has 26 heavy (non-hydrogen) atoms. The summed E-state index contributed by atoms with van der Waals surface area (Å²) in [6, 6.07) is 12.9. The van der Waals surface area contributed by atoms with Crippen LogP contribution < -0.4 is 9.73 Å². The summed E-state index contributed by atoms with van der Waals surface area (Å²) >= 11 is 6.04. The fourth-order valence-corrected chi connectivity index (χ4v) is 3.34. The van der Waals surface area contributed by atoms with Crippen LogP contribution in [0.1, 0.15) is 12.5 Å². The number of carbonyl (C=O) groups excluding carboxylic acids is 1. The molecule has 0 aliphatic carbocycles. The van der Waals surface area contributed by atoms with Crippen molar-refractivity contribution < 1.29 is 18.3 Å². The van der Waals surface area contributed by atoms with Crippen molar-refractivity contribution in [3.8, 4) is 5.75 Å². The molecule has 9 heteroatoms. The first kappa shape index (κ1) is 19.7. The largest absolute Gasteiger partial charge is 0.507 e. The molecule has 2 aromatic carbocycles. The summed E-state index contributed by atoms with van der Waals surface area (Å²) in [5.74, 6) is -0.623. The van der Waals surface area contributed by atoms with Gasteiger partial charge in [-0.1, -0.05) is 35.9 Å². The van der Waals surface area contributed by atoms with Crippen molar-refractivity contribution in [2.75, 3.05) is 17.1 Å². The average Bonchev–Trinajstić information content (AvgIpc) is 2.58. The number of hydrogen-bond acceptors (Lipinski definition) is 5. The third-order valence-electron chi connectivity index (χ3n) is 3.45. The minimum absolute atomic E-state index is 0.0248. The number of rotatable bonds is 6. The maximum Gasteiger partial charge on any atom is 0.260 e. The van der Waals surface area contributed by atoms with Crippen molar-refractivity contribution in [3.63, 3.8) is 0 Å². The van der Waals surface area contributed by atoms with Crippen molar-refractivity contribution in [3.05, 3.63) is 59.1 Å². The molecule has 0 aromatic heterocycles. The minimum Gasteiger partial charge on any atom is -0.507 e. The van der Waals surface area contributed by atoms with Crippen LogP contribution in [0.3, 0.4) is 0 Å². The molecular weight excluding hydrogens is 378 g/mol. The highest BCUT2D eigenvalue weighted by atomic mass is 35.5. The van der Waals surface area contributed by atoms with Crippen molar-refractivity contribution in [2.45, 2.75) is 6.92 Å². The number of aromatic hydroxyl groups is 1. The number of phenols is 1. The van der Waals surface area contributed by atoms with Gasteiger partial charge in [-0.3, -0.25) is 9.10 Å². The normalized spacial score (nSPS) is 11.9. The maximum absolute atomic E-state index is 12.2. The van der Waals surface area contributed by atoms with Crippen LogP contribution in [-0.4, -0.2) is 37.9 Å². The molecule has 0 spiro atoms. The van der Waals surface area contributed by atoms with Gasteiger partial charge in [-0.05, 0) is 31.2 Å². The summed E-state index contributed by atoms with van der Waals surface area (Å²) in [5, 5.41) is 13.9. The molecule has 0 aliphatic rings. The van der Waals surface area contributed by atoms with Crippen LogP contribution in [0.5, 0.6) is 5.75 Å². The summed E-state index contributed by atoms with van der Waals surface area (Å²) in [6.45, 7) is 1.12. The summed E-state index contributed by atoms with van der Waals surface area (Å²) in [4.78, 5) is 12.2. The molecule has 0 atom stereocenters. The van der Waals surface area contributed by atoms with E-state index in [0.29, 0.717) is 11.3 Å². The highest BCUT2D eigenvalue weighted by Gasteiger charge is 2.22. The molecule has 0 saturated carbocycles. The van der Waals surface area contributed by atoms with Crippen LogP contribution in [0.25, 0.3) is 0 Å². The third-order valence-corrected chi connectivity index (χ3v) is 4.90. The van der Waals surface area contributed by atoms with Gasteiger partial charge in [0.05, 0.1) is 22.7 Å². The second-order valence-corrected chi connectivity index (χ2v) is 7.78. The van der Waals surface area contributed by atoms with Crippen molar-refractivity contribution >= 4 is 38.9 Å². The van der Waals surface area contributed by atoms with Crippen LogP contribution in [0, 0.1) is 0 Å². The van der Waals surface area contributed by atoms with E-state index in [-0.39, 0.29) is 16.5 Å². The summed E-state index contributed by atoms with van der Waals surface area (Å²) in [6.07, 6.45) is 0.986. The van der Waals surface area contributed by atoms with E-state index in [4.69, 9.17) is 11.6 Å². The van der Waals surface area contributed by atoms with E-state index in [9.17, 15) is 18.3 Å². The average molecular weight is 396 g/mol. The lowest BCUT2D eigenvalue weighted by molar-refractivity contribution is -0.119. The third kappa shape index (κ3) is 4.96. The number of nitrogens with one attached hydrogen (secondary N) is 1. The van der Waals surface area contributed by atoms with Crippen LogP contribution >= 0.6 is 11.6 Å². The predicted molar refractivity (Wildman–Crippen MR) is 102 cm³/mol. The van der Waals surface area contributed by atoms with Crippen LogP contribution in [0.4, 0.5) is 5.69 Å². The number of anilines is 1. The zero-order valence-electron chi connectivity index (χ0n) is 14.2. The molecule has 7 nitrogen and oxygen atoms in total. The van der Waals surface area contributed by atoms with E-state index in [0.717, 1.165) is 10.6 Å². The van der Waals surface area contributed by atoms with Crippen LogP contribution in [0.2, 0.25) is 5.02 Å². The molecule has 1 amide bonds. The van der Waals surface area contributed by atoms with E-state index in [1.54, 1.807) is 37.3 Å². The Morgan fingerprint density at radius 1 is 1.19 bits per heavy atom. The Kier molecular flexibility index (Phi) is 6.23. The topological polar surface area (TPSA) is 99.1 Å². The SMILES string of the molecule is CC(=NNC(=O)CN(c1ccccc1Cl)S(C)(=O)=O)c1ccccc1O. The van der Waals surface area contributed by atoms with E-state index in [2.05, 4.69) is 10.5 Å². The Morgan fingerprint density at radius 2 is 1.81 bits per heavy atom. The molecule has 2 rings (SSSR count). The number of sulfonamides is 1. The molecule has 0 radical (unpaired) electrons. The standard InChI is InChI=1S/C17H18ClN3O4S/c1-12(13-7-3-6-10-16(13)22)19-20-17(23)11-21(26(2,24)25)15-9-5-4-8-14(15)18/h3-10,22H,11H2,1-2H3,(H,20,23). The lowest BCUT2D eigenvalue weighted by atomic mass is 10.1. The number of benzene rings is 2. The highest BCUT2D eigenvalue weighted by Crippen LogP contribution is 2.26. The molecular formula is C17H18ClN3O4S. The van der Waals surface area contributed by atoms with Gasteiger partial charge in [0.15, 0.2) is 0 Å². The highest BCUT2D eigenvalue weighted by molar-refractivity contribution is 7.92. The number of nitrogens with zero attached hydrogens (tertiary/aromatic N) is 2. The Morgan fingerprint density at radius 3 is 2.42 bits per heavy atom. The molecule has 2 aromatic rings. The van der Waals surface area contributed by atoms with Crippen LogP contribution in [0.15, 0.2) is 53.6 Å². The van der Waals surface area contributed by atoms with Gasteiger partial charge < -0.3 is 5.11 Å². The molecule has 0 saturated heterocycles. The Bertz CT molecular complexity index is 945. The zero-order chi connectivity index (χ0) is 19.3. The first-order valence-electron chi connectivity index (χ1n) is 7.54. The molecule has 0 aliphatic heterocycles. The fourth-order valence-electron chi connectivity index (χ4n) is 2.19. The number of amides is 1.